The third-order valence-corrected chi connectivity index (χ3v) is 6.84. The molecule has 0 aromatic carbocycles. The molecule has 1 N–H and O–H groups in total. The van der Waals surface area contributed by atoms with Gasteiger partial charge in [0.1, 0.15) is 0 Å². The molecule has 0 amide bonds. The van der Waals surface area contributed by atoms with Crippen molar-refractivity contribution >= 4 is 8.80 Å². The molecule has 0 aliphatic rings. The molecule has 0 aliphatic heterocycles. The van der Waals surface area contributed by atoms with Gasteiger partial charge < -0.3 is 18.6 Å². The summed E-state index contributed by atoms with van der Waals surface area (Å²) in [6, 6.07) is 0. The van der Waals surface area contributed by atoms with Crippen LogP contribution in [-0.4, -0.2) is 40.3 Å². The molecule has 0 radical (unpaired) electrons. The Morgan fingerprint density at radius 2 is 1.29 bits per heavy atom. The van der Waals surface area contributed by atoms with Gasteiger partial charge in [0.25, 0.3) is 0 Å². The number of rotatable bonds is 10. The minimum absolute atomic E-state index is 0.218. The largest absolute Gasteiger partial charge is 0.521 e. The van der Waals surface area contributed by atoms with E-state index in [1.807, 2.05) is 20.8 Å². The van der Waals surface area contributed by atoms with Crippen molar-refractivity contribution in [1.29, 1.82) is 0 Å². The van der Waals surface area contributed by atoms with Gasteiger partial charge in [0.05, 0.1) is 5.16 Å². The summed E-state index contributed by atoms with van der Waals surface area (Å²) in [6.07, 6.45) is 0.924. The molecule has 0 aromatic rings. The van der Waals surface area contributed by atoms with Gasteiger partial charge >= 0.3 is 8.80 Å². The maximum absolute atomic E-state index is 5.95. The fourth-order valence-electron chi connectivity index (χ4n) is 2.01. The number of hydrogen-bond donors (Lipinski definition) is 1. The standard InChI is InChI=1S/C12H29NO3Si/c1-7-12(6,13-8-2)17(14-9-3,15-10-4)16-11-5/h13H,7-11H2,1-6H3. The van der Waals surface area contributed by atoms with E-state index in [1.165, 1.54) is 0 Å². The highest BCUT2D eigenvalue weighted by molar-refractivity contribution is 6.64. The van der Waals surface area contributed by atoms with Gasteiger partial charge in [-0.2, -0.15) is 0 Å². The maximum Gasteiger partial charge on any atom is 0.521 e. The molecule has 0 spiro atoms. The second kappa shape index (κ2) is 8.21. The molecule has 0 aliphatic carbocycles. The molecular weight excluding hydrogens is 234 g/mol. The fraction of sp³-hybridized carbons (Fsp3) is 1.00. The molecule has 4 nitrogen and oxygen atoms in total. The van der Waals surface area contributed by atoms with E-state index in [0.717, 1.165) is 13.0 Å². The summed E-state index contributed by atoms with van der Waals surface area (Å²) in [7, 11) is -2.68. The molecule has 0 aromatic heterocycles. The Labute approximate surface area is 107 Å². The van der Waals surface area contributed by atoms with E-state index in [0.29, 0.717) is 19.8 Å². The zero-order valence-corrected chi connectivity index (χ0v) is 13.3. The first-order chi connectivity index (χ1) is 8.05. The Hall–Kier alpha value is 0.0569. The summed E-state index contributed by atoms with van der Waals surface area (Å²) >= 11 is 0. The van der Waals surface area contributed by atoms with Crippen LogP contribution in [0.25, 0.3) is 0 Å². The van der Waals surface area contributed by atoms with Gasteiger partial charge in [0.2, 0.25) is 0 Å². The zero-order valence-electron chi connectivity index (χ0n) is 12.3. The highest BCUT2D eigenvalue weighted by atomic mass is 28.4. The van der Waals surface area contributed by atoms with Gasteiger partial charge in [-0.1, -0.05) is 13.8 Å². The van der Waals surface area contributed by atoms with Crippen LogP contribution in [-0.2, 0) is 13.3 Å². The van der Waals surface area contributed by atoms with Crippen molar-refractivity contribution in [3.05, 3.63) is 0 Å². The highest BCUT2D eigenvalue weighted by Crippen LogP contribution is 2.27. The Morgan fingerprint density at radius 1 is 0.882 bits per heavy atom. The molecule has 0 fully saturated rings. The van der Waals surface area contributed by atoms with Crippen LogP contribution < -0.4 is 5.32 Å². The van der Waals surface area contributed by atoms with Gasteiger partial charge in [-0.25, -0.2) is 0 Å². The molecule has 0 heterocycles. The lowest BCUT2D eigenvalue weighted by molar-refractivity contribution is 0.0399. The fourth-order valence-corrected chi connectivity index (χ4v) is 5.18. The predicted molar refractivity (Wildman–Crippen MR) is 73.0 cm³/mol. The normalized spacial score (nSPS) is 15.9. The molecule has 104 valence electrons. The molecule has 0 bridgehead atoms. The van der Waals surface area contributed by atoms with Crippen molar-refractivity contribution in [2.45, 2.75) is 53.1 Å². The first-order valence-corrected chi connectivity index (χ1v) is 8.45. The average Bonchev–Trinajstić information content (AvgIpc) is 2.30. The van der Waals surface area contributed by atoms with E-state index in [4.69, 9.17) is 13.3 Å². The van der Waals surface area contributed by atoms with E-state index in [1.54, 1.807) is 0 Å². The van der Waals surface area contributed by atoms with E-state index in [-0.39, 0.29) is 5.16 Å². The minimum atomic E-state index is -2.68. The second-order valence-corrected chi connectivity index (χ2v) is 7.15. The first-order valence-electron chi connectivity index (χ1n) is 6.72. The lowest BCUT2D eigenvalue weighted by Gasteiger charge is -2.43. The second-order valence-electron chi connectivity index (χ2n) is 4.07. The van der Waals surface area contributed by atoms with Crippen LogP contribution in [0, 0.1) is 0 Å². The molecule has 0 saturated heterocycles. The van der Waals surface area contributed by atoms with Crippen molar-refractivity contribution in [2.24, 2.45) is 0 Å². The molecule has 1 unspecified atom stereocenters. The smallest absolute Gasteiger partial charge is 0.373 e. The Bertz CT molecular complexity index is 187. The first kappa shape index (κ1) is 17.1. The lowest BCUT2D eigenvalue weighted by atomic mass is 10.2. The highest BCUT2D eigenvalue weighted by Gasteiger charge is 2.57. The van der Waals surface area contributed by atoms with Gasteiger partial charge in [0, 0.05) is 19.8 Å². The van der Waals surface area contributed by atoms with Gasteiger partial charge in [0.15, 0.2) is 0 Å². The van der Waals surface area contributed by atoms with Crippen LogP contribution in [0.5, 0.6) is 0 Å². The molecule has 1 atom stereocenters. The Morgan fingerprint density at radius 3 is 1.53 bits per heavy atom. The third kappa shape index (κ3) is 4.03. The van der Waals surface area contributed by atoms with E-state index in [2.05, 4.69) is 26.1 Å². The van der Waals surface area contributed by atoms with Crippen LogP contribution in [0.3, 0.4) is 0 Å². The van der Waals surface area contributed by atoms with Crippen LogP contribution in [0.1, 0.15) is 48.0 Å². The lowest BCUT2D eigenvalue weighted by Crippen LogP contribution is -2.69. The van der Waals surface area contributed by atoms with Crippen LogP contribution in [0.15, 0.2) is 0 Å². The monoisotopic (exact) mass is 263 g/mol. The van der Waals surface area contributed by atoms with Crippen molar-refractivity contribution in [1.82, 2.24) is 5.32 Å². The third-order valence-electron chi connectivity index (χ3n) is 2.95. The summed E-state index contributed by atoms with van der Waals surface area (Å²) in [5.41, 5.74) is 0. The minimum Gasteiger partial charge on any atom is -0.373 e. The van der Waals surface area contributed by atoms with Crippen LogP contribution in [0.2, 0.25) is 0 Å². The van der Waals surface area contributed by atoms with Gasteiger partial charge in [-0.15, -0.1) is 0 Å². The van der Waals surface area contributed by atoms with E-state index >= 15 is 0 Å². The maximum atomic E-state index is 5.95. The van der Waals surface area contributed by atoms with Crippen molar-refractivity contribution in [3.63, 3.8) is 0 Å². The molecule has 17 heavy (non-hydrogen) atoms. The summed E-state index contributed by atoms with van der Waals surface area (Å²) in [5, 5.41) is 3.27. The Balaban J connectivity index is 5.17. The Kier molecular flexibility index (Phi) is 8.24. The number of nitrogens with one attached hydrogen (secondary N) is 1. The summed E-state index contributed by atoms with van der Waals surface area (Å²) in [4.78, 5) is 0. The van der Waals surface area contributed by atoms with Crippen molar-refractivity contribution in [3.8, 4) is 0 Å². The van der Waals surface area contributed by atoms with Gasteiger partial charge in [-0.3, -0.25) is 0 Å². The summed E-state index contributed by atoms with van der Waals surface area (Å²) in [6.45, 7) is 15.1. The predicted octanol–water partition coefficient (Wildman–Crippen LogP) is 2.35. The molecule has 0 saturated carbocycles. The molecular formula is C12H29NO3Si. The van der Waals surface area contributed by atoms with E-state index < -0.39 is 8.80 Å². The molecule has 0 rings (SSSR count). The zero-order chi connectivity index (χ0) is 13.4. The summed E-state index contributed by atoms with van der Waals surface area (Å²) in [5.74, 6) is 0. The average molecular weight is 263 g/mol. The quantitative estimate of drug-likeness (QED) is 0.614. The SMILES string of the molecule is CCNC(C)(CC)[Si](OCC)(OCC)OCC. The van der Waals surface area contributed by atoms with Gasteiger partial charge in [-0.05, 0) is 40.7 Å². The van der Waals surface area contributed by atoms with Crippen LogP contribution >= 0.6 is 0 Å². The number of hydrogen-bond acceptors (Lipinski definition) is 4. The topological polar surface area (TPSA) is 39.7 Å². The van der Waals surface area contributed by atoms with Crippen molar-refractivity contribution in [2.75, 3.05) is 26.4 Å². The molecule has 5 heteroatoms. The summed E-state index contributed by atoms with van der Waals surface area (Å²) < 4.78 is 17.9. The van der Waals surface area contributed by atoms with Crippen LogP contribution in [0.4, 0.5) is 0 Å². The van der Waals surface area contributed by atoms with E-state index in [9.17, 15) is 0 Å². The van der Waals surface area contributed by atoms with Crippen molar-refractivity contribution < 1.29 is 13.3 Å².